The lowest BCUT2D eigenvalue weighted by Gasteiger charge is -2.28. The number of anilines is 1. The number of hydrogen-bond acceptors (Lipinski definition) is 6. The number of amides is 1. The lowest BCUT2D eigenvalue weighted by atomic mass is 10.1. The Morgan fingerprint density at radius 3 is 2.12 bits per heavy atom. The Kier molecular flexibility index (Phi) is 7.25. The topological polar surface area (TPSA) is 147 Å². The number of carboxylic acid groups (broad SMARTS) is 1. The second-order valence-electron chi connectivity index (χ2n) is 5.15. The van der Waals surface area contributed by atoms with Gasteiger partial charge in [-0.25, -0.2) is 25.0 Å². The van der Waals surface area contributed by atoms with Crippen LogP contribution in [0.4, 0.5) is 5.69 Å². The molecular weight excluding hydrogens is 336 g/mol. The molecule has 1 atom stereocenters. The molecule has 11 nitrogen and oxygen atoms in total. The molecule has 1 aromatic rings. The average molecular weight is 354 g/mol. The number of benzene rings is 1. The summed E-state index contributed by atoms with van der Waals surface area (Å²) < 4.78 is 0. The monoisotopic (exact) mass is 354 g/mol. The molecule has 0 aliphatic rings. The predicted octanol–water partition coefficient (Wildman–Crippen LogP) is 1.35. The van der Waals surface area contributed by atoms with Crippen molar-refractivity contribution in [2.75, 3.05) is 11.4 Å². The number of unbranched alkanes of at least 4 members (excludes halogenated alkanes) is 1. The second-order valence-corrected chi connectivity index (χ2v) is 5.15. The van der Waals surface area contributed by atoms with Crippen LogP contribution in [0.1, 0.15) is 26.2 Å². The Morgan fingerprint density at radius 2 is 1.68 bits per heavy atom. The lowest BCUT2D eigenvalue weighted by molar-refractivity contribution is -0.907. The highest BCUT2D eigenvalue weighted by Gasteiger charge is 2.30. The second kappa shape index (κ2) is 9.15. The van der Waals surface area contributed by atoms with Crippen LogP contribution in [0.15, 0.2) is 30.3 Å². The molecule has 0 saturated carbocycles. The van der Waals surface area contributed by atoms with Crippen molar-refractivity contribution in [3.63, 3.8) is 0 Å². The van der Waals surface area contributed by atoms with Crippen LogP contribution < -0.4 is 4.90 Å². The summed E-state index contributed by atoms with van der Waals surface area (Å²) in [6.07, 6.45) is 0.200. The predicted molar refractivity (Wildman–Crippen MR) is 85.6 cm³/mol. The number of para-hydroxylation sites is 1. The van der Waals surface area contributed by atoms with E-state index in [2.05, 4.69) is 0 Å². The third kappa shape index (κ3) is 5.71. The molecule has 1 N–H and O–H groups in total. The molecule has 136 valence electrons. The van der Waals surface area contributed by atoms with Gasteiger partial charge in [-0.2, -0.15) is 0 Å². The van der Waals surface area contributed by atoms with Crippen molar-refractivity contribution in [1.82, 2.24) is 5.12 Å². The quantitative estimate of drug-likeness (QED) is 0.376. The molecule has 11 heteroatoms. The molecule has 0 spiro atoms. The number of carbonyl (C=O) groups is 2. The highest BCUT2D eigenvalue weighted by Crippen LogP contribution is 2.20. The van der Waals surface area contributed by atoms with Gasteiger partial charge >= 0.3 is 5.97 Å². The molecule has 1 amide bonds. The fourth-order valence-corrected chi connectivity index (χ4v) is 2.35. The number of carboxylic acids is 1. The van der Waals surface area contributed by atoms with E-state index >= 15 is 0 Å². The molecule has 0 bridgehead atoms. The van der Waals surface area contributed by atoms with Gasteiger partial charge in [0, 0.05) is 12.6 Å². The van der Waals surface area contributed by atoms with Crippen molar-refractivity contribution >= 4 is 17.6 Å². The fourth-order valence-electron chi connectivity index (χ4n) is 2.35. The summed E-state index contributed by atoms with van der Waals surface area (Å²) in [5.74, 6) is -1.68. The van der Waals surface area contributed by atoms with E-state index in [-0.39, 0.29) is 24.4 Å². The van der Waals surface area contributed by atoms with Gasteiger partial charge in [-0.3, -0.25) is 9.69 Å². The number of hydrazine groups is 2. The summed E-state index contributed by atoms with van der Waals surface area (Å²) in [5.41, 5.74) is 0.416. The van der Waals surface area contributed by atoms with E-state index in [1.165, 1.54) is 6.92 Å². The van der Waals surface area contributed by atoms with Gasteiger partial charge in [0.2, 0.25) is 16.0 Å². The molecule has 0 aromatic heterocycles. The highest BCUT2D eigenvalue weighted by atomic mass is 16.8. The van der Waals surface area contributed by atoms with Gasteiger partial charge < -0.3 is 5.11 Å². The van der Waals surface area contributed by atoms with E-state index in [1.54, 1.807) is 30.3 Å². The van der Waals surface area contributed by atoms with Crippen LogP contribution in [0, 0.1) is 20.2 Å². The standard InChI is InChI=1S/C14H18N4O7/c1-11(19)16(12-7-3-2-4-8-12)13(14(20)21)9-5-6-10-15(17(22)23)18(24)25/h2-4,7-8,13H,5-6,9-10H2,1H3,(H,20,21)/t13-/m0/s1. The summed E-state index contributed by atoms with van der Waals surface area (Å²) in [5, 5.41) is 28.0. The van der Waals surface area contributed by atoms with Gasteiger partial charge in [0.1, 0.15) is 12.6 Å². The summed E-state index contributed by atoms with van der Waals surface area (Å²) in [6.45, 7) is 0.780. The van der Waals surface area contributed by atoms with Crippen LogP contribution in [0.3, 0.4) is 0 Å². The zero-order valence-electron chi connectivity index (χ0n) is 13.5. The van der Waals surface area contributed by atoms with Crippen molar-refractivity contribution in [2.45, 2.75) is 32.2 Å². The number of aliphatic carboxylic acids is 1. The first kappa shape index (κ1) is 19.8. The van der Waals surface area contributed by atoms with Crippen LogP contribution in [-0.4, -0.2) is 44.8 Å². The summed E-state index contributed by atoms with van der Waals surface area (Å²) in [6, 6.07) is 7.07. The van der Waals surface area contributed by atoms with Crippen molar-refractivity contribution < 1.29 is 24.8 Å². The molecule has 0 aliphatic heterocycles. The van der Waals surface area contributed by atoms with E-state index < -0.39 is 34.5 Å². The Morgan fingerprint density at radius 1 is 1.12 bits per heavy atom. The molecular formula is C14H18N4O7. The maximum Gasteiger partial charge on any atom is 0.326 e. The normalized spacial score (nSPS) is 11.4. The van der Waals surface area contributed by atoms with E-state index in [0.29, 0.717) is 5.69 Å². The number of nitrogens with zero attached hydrogens (tertiary/aromatic N) is 4. The molecule has 0 heterocycles. The summed E-state index contributed by atoms with van der Waals surface area (Å²) >= 11 is 0. The molecule has 0 fully saturated rings. The van der Waals surface area contributed by atoms with Crippen molar-refractivity contribution in [2.24, 2.45) is 0 Å². The van der Waals surface area contributed by atoms with Crippen LogP contribution in [0.2, 0.25) is 0 Å². The Bertz CT molecular complexity index is 623. The summed E-state index contributed by atoms with van der Waals surface area (Å²) in [7, 11) is 0. The van der Waals surface area contributed by atoms with Crippen LogP contribution in [0.25, 0.3) is 0 Å². The smallest absolute Gasteiger partial charge is 0.326 e. The summed E-state index contributed by atoms with van der Waals surface area (Å²) in [4.78, 5) is 45.6. The van der Waals surface area contributed by atoms with Crippen LogP contribution in [-0.2, 0) is 9.59 Å². The average Bonchev–Trinajstić information content (AvgIpc) is 2.53. The van der Waals surface area contributed by atoms with Crippen molar-refractivity contribution in [3.05, 3.63) is 50.6 Å². The van der Waals surface area contributed by atoms with Gasteiger partial charge in [0.05, 0.1) is 0 Å². The zero-order valence-corrected chi connectivity index (χ0v) is 13.5. The van der Waals surface area contributed by atoms with Crippen molar-refractivity contribution in [3.8, 4) is 0 Å². The SMILES string of the molecule is CC(=O)N(c1ccccc1)[C@@H](CCCCN([N+](=O)[O-])[N+](=O)[O-])C(=O)O. The molecule has 1 aromatic carbocycles. The van der Waals surface area contributed by atoms with Gasteiger partial charge in [-0.05, 0) is 31.4 Å². The Balaban J connectivity index is 2.76. The molecule has 25 heavy (non-hydrogen) atoms. The molecule has 1 rings (SSSR count). The maximum absolute atomic E-state index is 11.9. The van der Waals surface area contributed by atoms with E-state index in [1.807, 2.05) is 0 Å². The number of rotatable bonds is 10. The maximum atomic E-state index is 11.9. The van der Waals surface area contributed by atoms with E-state index in [4.69, 9.17) is 0 Å². The van der Waals surface area contributed by atoms with Crippen LogP contribution >= 0.6 is 0 Å². The third-order valence-corrected chi connectivity index (χ3v) is 3.43. The number of nitro groups is 2. The van der Waals surface area contributed by atoms with Gasteiger partial charge in [0.25, 0.3) is 0 Å². The molecule has 0 saturated heterocycles. The van der Waals surface area contributed by atoms with Gasteiger partial charge in [-0.15, -0.1) is 0 Å². The zero-order chi connectivity index (χ0) is 19.0. The van der Waals surface area contributed by atoms with Gasteiger partial charge in [-0.1, -0.05) is 18.2 Å². The minimum Gasteiger partial charge on any atom is -0.480 e. The minimum atomic E-state index is -1.22. The van der Waals surface area contributed by atoms with E-state index in [0.717, 1.165) is 4.90 Å². The molecule has 0 radical (unpaired) electrons. The van der Waals surface area contributed by atoms with E-state index in [9.17, 15) is 34.9 Å². The number of carbonyl (C=O) groups excluding carboxylic acids is 1. The molecule has 0 unspecified atom stereocenters. The Hall–Kier alpha value is -3.24. The van der Waals surface area contributed by atoms with Gasteiger partial charge in [0.15, 0.2) is 5.12 Å². The molecule has 0 aliphatic carbocycles. The Labute approximate surface area is 142 Å². The largest absolute Gasteiger partial charge is 0.480 e. The lowest BCUT2D eigenvalue weighted by Crippen LogP contribution is -2.44. The third-order valence-electron chi connectivity index (χ3n) is 3.43. The minimum absolute atomic E-state index is 0.00702. The first-order chi connectivity index (χ1) is 11.8. The number of hydrogen-bond donors (Lipinski definition) is 1. The fraction of sp³-hybridized carbons (Fsp3) is 0.429. The highest BCUT2D eigenvalue weighted by molar-refractivity contribution is 5.97. The first-order valence-electron chi connectivity index (χ1n) is 7.39. The van der Waals surface area contributed by atoms with Crippen molar-refractivity contribution in [1.29, 1.82) is 0 Å². The van der Waals surface area contributed by atoms with Crippen LogP contribution in [0.5, 0.6) is 0 Å². The first-order valence-corrected chi connectivity index (χ1v) is 7.39.